The van der Waals surface area contributed by atoms with E-state index in [1.165, 1.54) is 18.2 Å². The van der Waals surface area contributed by atoms with Crippen molar-refractivity contribution in [3.05, 3.63) is 33.9 Å². The molecule has 2 N–H and O–H groups in total. The SMILES string of the molecule is CS(=O)(=O)Cc1ccc([N+](=O)[O-])c(N)c1. The Labute approximate surface area is 86.8 Å². The first kappa shape index (κ1) is 11.4. The Bertz CT molecular complexity index is 495. The van der Waals surface area contributed by atoms with Crippen molar-refractivity contribution in [1.29, 1.82) is 0 Å². The minimum Gasteiger partial charge on any atom is -0.393 e. The Morgan fingerprint density at radius 2 is 2.07 bits per heavy atom. The van der Waals surface area contributed by atoms with E-state index in [1.807, 2.05) is 0 Å². The van der Waals surface area contributed by atoms with Crippen LogP contribution in [0.3, 0.4) is 0 Å². The van der Waals surface area contributed by atoms with E-state index >= 15 is 0 Å². The van der Waals surface area contributed by atoms with E-state index < -0.39 is 14.8 Å². The van der Waals surface area contributed by atoms with Crippen LogP contribution in [0.2, 0.25) is 0 Å². The van der Waals surface area contributed by atoms with Gasteiger partial charge in [-0.3, -0.25) is 10.1 Å². The minimum absolute atomic E-state index is 0.0267. The van der Waals surface area contributed by atoms with Crippen LogP contribution in [0.5, 0.6) is 0 Å². The number of anilines is 1. The normalized spacial score (nSPS) is 11.3. The van der Waals surface area contributed by atoms with Crippen molar-refractivity contribution in [3.63, 3.8) is 0 Å². The molecular weight excluding hydrogens is 220 g/mol. The second kappa shape index (κ2) is 3.85. The number of nitrogen functional groups attached to an aromatic ring is 1. The van der Waals surface area contributed by atoms with Gasteiger partial charge in [-0.05, 0) is 11.6 Å². The number of nitrogens with zero attached hydrogens (tertiary/aromatic N) is 1. The van der Waals surface area contributed by atoms with Crippen LogP contribution in [-0.2, 0) is 15.6 Å². The second-order valence-electron chi connectivity index (χ2n) is 3.22. The third-order valence-electron chi connectivity index (χ3n) is 1.72. The molecule has 0 saturated heterocycles. The molecule has 6 nitrogen and oxygen atoms in total. The maximum absolute atomic E-state index is 11.0. The Balaban J connectivity index is 3.07. The van der Waals surface area contributed by atoms with E-state index in [0.717, 1.165) is 6.26 Å². The molecule has 0 amide bonds. The lowest BCUT2D eigenvalue weighted by atomic mass is 10.2. The van der Waals surface area contributed by atoms with E-state index in [4.69, 9.17) is 5.73 Å². The molecule has 0 aliphatic carbocycles. The number of hydrogen-bond acceptors (Lipinski definition) is 5. The zero-order chi connectivity index (χ0) is 11.6. The molecule has 0 radical (unpaired) electrons. The molecule has 0 spiro atoms. The molecule has 0 fully saturated rings. The number of nitro groups is 1. The van der Waals surface area contributed by atoms with Gasteiger partial charge in [-0.25, -0.2) is 8.42 Å². The van der Waals surface area contributed by atoms with Crippen LogP contribution in [0.15, 0.2) is 18.2 Å². The van der Waals surface area contributed by atoms with E-state index in [1.54, 1.807) is 0 Å². The molecule has 0 aliphatic rings. The van der Waals surface area contributed by atoms with Crippen molar-refractivity contribution in [2.45, 2.75) is 5.75 Å². The molecule has 0 atom stereocenters. The quantitative estimate of drug-likeness (QED) is 0.468. The topological polar surface area (TPSA) is 103 Å². The summed E-state index contributed by atoms with van der Waals surface area (Å²) in [5.74, 6) is -0.171. The van der Waals surface area contributed by atoms with Gasteiger partial charge in [-0.2, -0.15) is 0 Å². The number of nitrogens with two attached hydrogens (primary N) is 1. The molecule has 0 heterocycles. The Morgan fingerprint density at radius 3 is 2.47 bits per heavy atom. The highest BCUT2D eigenvalue weighted by atomic mass is 32.2. The summed E-state index contributed by atoms with van der Waals surface area (Å²) < 4.78 is 21.9. The molecule has 7 heteroatoms. The molecule has 0 unspecified atom stereocenters. The van der Waals surface area contributed by atoms with Crippen molar-refractivity contribution in [3.8, 4) is 0 Å². The third kappa shape index (κ3) is 3.21. The molecule has 82 valence electrons. The molecule has 15 heavy (non-hydrogen) atoms. The highest BCUT2D eigenvalue weighted by Gasteiger charge is 2.12. The van der Waals surface area contributed by atoms with Gasteiger partial charge in [0.2, 0.25) is 0 Å². The third-order valence-corrected chi connectivity index (χ3v) is 2.58. The van der Waals surface area contributed by atoms with E-state index in [9.17, 15) is 18.5 Å². The van der Waals surface area contributed by atoms with E-state index in [0.29, 0.717) is 5.56 Å². The van der Waals surface area contributed by atoms with Crippen LogP contribution < -0.4 is 5.73 Å². The fourth-order valence-electron chi connectivity index (χ4n) is 1.16. The average Bonchev–Trinajstić information content (AvgIpc) is 1.99. The van der Waals surface area contributed by atoms with E-state index in [-0.39, 0.29) is 17.1 Å². The van der Waals surface area contributed by atoms with Crippen LogP contribution in [0, 0.1) is 10.1 Å². The van der Waals surface area contributed by atoms with Gasteiger partial charge < -0.3 is 5.73 Å². The Morgan fingerprint density at radius 1 is 1.47 bits per heavy atom. The summed E-state index contributed by atoms with van der Waals surface area (Å²) in [7, 11) is -3.15. The highest BCUT2D eigenvalue weighted by molar-refractivity contribution is 7.89. The minimum atomic E-state index is -3.15. The van der Waals surface area contributed by atoms with Crippen LogP contribution in [0.25, 0.3) is 0 Å². The van der Waals surface area contributed by atoms with Crippen LogP contribution in [0.1, 0.15) is 5.56 Å². The fraction of sp³-hybridized carbons (Fsp3) is 0.250. The van der Waals surface area contributed by atoms with Gasteiger partial charge >= 0.3 is 0 Å². The van der Waals surface area contributed by atoms with Crippen molar-refractivity contribution >= 4 is 21.2 Å². The summed E-state index contributed by atoms with van der Waals surface area (Å²) in [6.45, 7) is 0. The lowest BCUT2D eigenvalue weighted by Crippen LogP contribution is -2.02. The number of sulfone groups is 1. The van der Waals surface area contributed by atoms with Crippen molar-refractivity contribution in [1.82, 2.24) is 0 Å². The number of rotatable bonds is 3. The van der Waals surface area contributed by atoms with Gasteiger partial charge in [-0.1, -0.05) is 6.07 Å². The predicted molar refractivity (Wildman–Crippen MR) is 56.1 cm³/mol. The van der Waals surface area contributed by atoms with Crippen molar-refractivity contribution < 1.29 is 13.3 Å². The van der Waals surface area contributed by atoms with Gasteiger partial charge in [0, 0.05) is 12.3 Å². The maximum Gasteiger partial charge on any atom is 0.292 e. The van der Waals surface area contributed by atoms with Crippen LogP contribution in [-0.4, -0.2) is 19.6 Å². The largest absolute Gasteiger partial charge is 0.393 e. The zero-order valence-corrected chi connectivity index (χ0v) is 8.82. The fourth-order valence-corrected chi connectivity index (χ4v) is 1.95. The highest BCUT2D eigenvalue weighted by Crippen LogP contribution is 2.22. The summed E-state index contributed by atoms with van der Waals surface area (Å²) in [4.78, 5) is 9.81. The summed E-state index contributed by atoms with van der Waals surface area (Å²) in [6.07, 6.45) is 1.09. The average molecular weight is 230 g/mol. The zero-order valence-electron chi connectivity index (χ0n) is 8.00. The first-order chi connectivity index (χ1) is 6.79. The van der Waals surface area contributed by atoms with Gasteiger partial charge in [0.1, 0.15) is 5.69 Å². The summed E-state index contributed by atoms with van der Waals surface area (Å²) in [5.41, 5.74) is 5.61. The lowest BCUT2D eigenvalue weighted by Gasteiger charge is -2.01. The number of benzene rings is 1. The van der Waals surface area contributed by atoms with Crippen molar-refractivity contribution in [2.24, 2.45) is 0 Å². The Kier molecular flexibility index (Phi) is 2.94. The summed E-state index contributed by atoms with van der Waals surface area (Å²) in [5, 5.41) is 10.4. The maximum atomic E-state index is 11.0. The molecule has 1 rings (SSSR count). The van der Waals surface area contributed by atoms with Gasteiger partial charge in [0.25, 0.3) is 5.69 Å². The van der Waals surface area contributed by atoms with E-state index in [2.05, 4.69) is 0 Å². The van der Waals surface area contributed by atoms with Gasteiger partial charge in [-0.15, -0.1) is 0 Å². The van der Waals surface area contributed by atoms with Crippen molar-refractivity contribution in [2.75, 3.05) is 12.0 Å². The standard InChI is InChI=1S/C8H10N2O4S/c1-15(13,14)5-6-2-3-8(10(11)12)7(9)4-6/h2-4H,5,9H2,1H3. The first-order valence-electron chi connectivity index (χ1n) is 4.00. The van der Waals surface area contributed by atoms with Gasteiger partial charge in [0.05, 0.1) is 10.7 Å². The molecule has 0 bridgehead atoms. The van der Waals surface area contributed by atoms with Crippen LogP contribution >= 0.6 is 0 Å². The first-order valence-corrected chi connectivity index (χ1v) is 6.06. The Hall–Kier alpha value is -1.63. The molecule has 0 aromatic heterocycles. The molecule has 0 saturated carbocycles. The second-order valence-corrected chi connectivity index (χ2v) is 5.36. The predicted octanol–water partition coefficient (Wildman–Crippen LogP) is 0.722. The smallest absolute Gasteiger partial charge is 0.292 e. The summed E-state index contributed by atoms with van der Waals surface area (Å²) in [6, 6.07) is 3.89. The van der Waals surface area contributed by atoms with Gasteiger partial charge in [0.15, 0.2) is 9.84 Å². The molecular formula is C8H10N2O4S. The number of nitro benzene ring substituents is 1. The molecule has 1 aromatic rings. The molecule has 1 aromatic carbocycles. The number of hydrogen-bond donors (Lipinski definition) is 1. The lowest BCUT2D eigenvalue weighted by molar-refractivity contribution is -0.383. The monoisotopic (exact) mass is 230 g/mol. The summed E-state index contributed by atoms with van der Waals surface area (Å²) >= 11 is 0. The molecule has 0 aliphatic heterocycles. The van der Waals surface area contributed by atoms with Crippen LogP contribution in [0.4, 0.5) is 11.4 Å².